The molecule has 1 aliphatic rings. The van der Waals surface area contributed by atoms with Crippen molar-refractivity contribution in [3.05, 3.63) is 57.8 Å². The number of nitro groups is 1. The zero-order valence-corrected chi connectivity index (χ0v) is 15.7. The summed E-state index contributed by atoms with van der Waals surface area (Å²) < 4.78 is 2.09. The molecule has 1 saturated carbocycles. The molecule has 1 fully saturated rings. The summed E-state index contributed by atoms with van der Waals surface area (Å²) in [6, 6.07) is 11.4. The summed E-state index contributed by atoms with van der Waals surface area (Å²) >= 11 is 0. The van der Waals surface area contributed by atoms with Crippen LogP contribution < -0.4 is 5.32 Å². The SMILES string of the molecule is Cc1cc(C)n2c(NC3CCCCC3)c(-c3ccccc3[N+](=O)[O-])nc2c1. The van der Waals surface area contributed by atoms with Gasteiger partial charge in [-0.05, 0) is 50.5 Å². The van der Waals surface area contributed by atoms with Gasteiger partial charge in [0.15, 0.2) is 0 Å². The zero-order chi connectivity index (χ0) is 19.0. The molecule has 0 spiro atoms. The first-order chi connectivity index (χ1) is 13.0. The predicted octanol–water partition coefficient (Wildman–Crippen LogP) is 5.27. The number of para-hydroxylation sites is 1. The molecule has 6 nitrogen and oxygen atoms in total. The molecule has 1 aliphatic carbocycles. The number of aromatic nitrogens is 2. The number of pyridine rings is 1. The Morgan fingerprint density at radius 2 is 1.89 bits per heavy atom. The Morgan fingerprint density at radius 1 is 1.15 bits per heavy atom. The number of hydrogen-bond acceptors (Lipinski definition) is 4. The maximum absolute atomic E-state index is 11.6. The standard InChI is InChI=1S/C21H24N4O2/c1-14-12-15(2)24-19(13-14)23-20(17-10-6-7-11-18(17)25(26)27)21(24)22-16-8-4-3-5-9-16/h6-7,10-13,16,22H,3-5,8-9H2,1-2H3. The third kappa shape index (κ3) is 3.27. The second kappa shape index (κ2) is 7.02. The summed E-state index contributed by atoms with van der Waals surface area (Å²) in [5, 5.41) is 15.3. The van der Waals surface area contributed by atoms with Gasteiger partial charge >= 0.3 is 0 Å². The van der Waals surface area contributed by atoms with Crippen LogP contribution in [0, 0.1) is 24.0 Å². The second-order valence-corrected chi connectivity index (χ2v) is 7.43. The van der Waals surface area contributed by atoms with Gasteiger partial charge in [0.1, 0.15) is 17.2 Å². The maximum atomic E-state index is 11.6. The first-order valence-corrected chi connectivity index (χ1v) is 9.54. The molecule has 27 heavy (non-hydrogen) atoms. The highest BCUT2D eigenvalue weighted by molar-refractivity contribution is 5.82. The Bertz CT molecular complexity index is 1000. The quantitative estimate of drug-likeness (QED) is 0.505. The van der Waals surface area contributed by atoms with Crippen LogP contribution in [0.25, 0.3) is 16.9 Å². The van der Waals surface area contributed by atoms with Crippen LogP contribution in [0.15, 0.2) is 36.4 Å². The fourth-order valence-electron chi connectivity index (χ4n) is 4.13. The third-order valence-corrected chi connectivity index (χ3v) is 5.35. The maximum Gasteiger partial charge on any atom is 0.278 e. The van der Waals surface area contributed by atoms with Crippen LogP contribution in [0.3, 0.4) is 0 Å². The fourth-order valence-corrected chi connectivity index (χ4v) is 4.13. The van der Waals surface area contributed by atoms with Crippen molar-refractivity contribution in [3.8, 4) is 11.3 Å². The first kappa shape index (κ1) is 17.5. The second-order valence-electron chi connectivity index (χ2n) is 7.43. The molecule has 2 heterocycles. The third-order valence-electron chi connectivity index (χ3n) is 5.35. The van der Waals surface area contributed by atoms with Crippen molar-refractivity contribution < 1.29 is 4.92 Å². The minimum atomic E-state index is -0.332. The summed E-state index contributed by atoms with van der Waals surface area (Å²) in [5.74, 6) is 0.865. The summed E-state index contributed by atoms with van der Waals surface area (Å²) in [5.41, 5.74) is 4.31. The average Bonchev–Trinajstić information content (AvgIpc) is 3.00. The molecule has 4 rings (SSSR count). The van der Waals surface area contributed by atoms with Crippen LogP contribution in [-0.4, -0.2) is 20.3 Å². The molecular weight excluding hydrogens is 340 g/mol. The highest BCUT2D eigenvalue weighted by Gasteiger charge is 2.25. The molecule has 1 N–H and O–H groups in total. The molecular formula is C21H24N4O2. The molecule has 2 aromatic heterocycles. The molecule has 0 saturated heterocycles. The lowest BCUT2D eigenvalue weighted by Crippen LogP contribution is -2.23. The molecule has 0 radical (unpaired) electrons. The Morgan fingerprint density at radius 3 is 2.63 bits per heavy atom. The smallest absolute Gasteiger partial charge is 0.278 e. The van der Waals surface area contributed by atoms with Crippen LogP contribution >= 0.6 is 0 Å². The number of nitro benzene ring substituents is 1. The van der Waals surface area contributed by atoms with Crippen LogP contribution in [0.5, 0.6) is 0 Å². The normalized spacial score (nSPS) is 15.2. The fraction of sp³-hybridized carbons (Fsp3) is 0.381. The van der Waals surface area contributed by atoms with Crippen LogP contribution in [0.2, 0.25) is 0 Å². The van der Waals surface area contributed by atoms with E-state index in [-0.39, 0.29) is 10.6 Å². The number of hydrogen-bond donors (Lipinski definition) is 1. The minimum absolute atomic E-state index is 0.0852. The first-order valence-electron chi connectivity index (χ1n) is 9.54. The molecule has 0 bridgehead atoms. The zero-order valence-electron chi connectivity index (χ0n) is 15.7. The van der Waals surface area contributed by atoms with Crippen molar-refractivity contribution in [1.29, 1.82) is 0 Å². The molecule has 1 aromatic carbocycles. The lowest BCUT2D eigenvalue weighted by Gasteiger charge is -2.24. The van der Waals surface area contributed by atoms with E-state index >= 15 is 0 Å². The van der Waals surface area contributed by atoms with E-state index in [9.17, 15) is 10.1 Å². The van der Waals surface area contributed by atoms with E-state index in [1.807, 2.05) is 19.1 Å². The van der Waals surface area contributed by atoms with Gasteiger partial charge in [-0.2, -0.15) is 0 Å². The van der Waals surface area contributed by atoms with Crippen LogP contribution in [0.1, 0.15) is 43.4 Å². The van der Waals surface area contributed by atoms with E-state index in [2.05, 4.69) is 22.7 Å². The minimum Gasteiger partial charge on any atom is -0.367 e. The Balaban J connectivity index is 1.93. The average molecular weight is 364 g/mol. The number of benzene rings is 1. The van der Waals surface area contributed by atoms with E-state index in [0.29, 0.717) is 17.3 Å². The van der Waals surface area contributed by atoms with Gasteiger partial charge in [-0.3, -0.25) is 14.5 Å². The van der Waals surface area contributed by atoms with Gasteiger partial charge in [0.2, 0.25) is 0 Å². The number of anilines is 1. The van der Waals surface area contributed by atoms with E-state index in [1.54, 1.807) is 18.2 Å². The Kier molecular flexibility index (Phi) is 4.56. The summed E-state index contributed by atoms with van der Waals surface area (Å²) in [7, 11) is 0. The Labute approximate surface area is 158 Å². The van der Waals surface area contributed by atoms with Crippen molar-refractivity contribution >= 4 is 17.2 Å². The van der Waals surface area contributed by atoms with Gasteiger partial charge in [0.25, 0.3) is 5.69 Å². The number of rotatable bonds is 4. The molecule has 0 amide bonds. The van der Waals surface area contributed by atoms with Gasteiger partial charge < -0.3 is 5.32 Å². The van der Waals surface area contributed by atoms with E-state index in [0.717, 1.165) is 35.6 Å². The summed E-state index contributed by atoms with van der Waals surface area (Å²) in [6.45, 7) is 4.09. The van der Waals surface area contributed by atoms with E-state index < -0.39 is 0 Å². The van der Waals surface area contributed by atoms with E-state index in [1.165, 1.54) is 19.3 Å². The number of fused-ring (bicyclic) bond motifs is 1. The summed E-state index contributed by atoms with van der Waals surface area (Å²) in [6.07, 6.45) is 5.95. The highest BCUT2D eigenvalue weighted by Crippen LogP contribution is 2.37. The molecule has 6 heteroatoms. The highest BCUT2D eigenvalue weighted by atomic mass is 16.6. The Hall–Kier alpha value is -2.89. The van der Waals surface area contributed by atoms with Crippen molar-refractivity contribution in [1.82, 2.24) is 9.38 Å². The molecule has 0 aliphatic heterocycles. The van der Waals surface area contributed by atoms with Crippen molar-refractivity contribution in [2.75, 3.05) is 5.32 Å². The number of nitrogens with one attached hydrogen (secondary N) is 1. The van der Waals surface area contributed by atoms with Gasteiger partial charge in [0, 0.05) is 17.8 Å². The predicted molar refractivity (Wildman–Crippen MR) is 107 cm³/mol. The molecule has 3 aromatic rings. The lowest BCUT2D eigenvalue weighted by atomic mass is 9.95. The summed E-state index contributed by atoms with van der Waals surface area (Å²) in [4.78, 5) is 16.1. The largest absolute Gasteiger partial charge is 0.367 e. The van der Waals surface area contributed by atoms with Gasteiger partial charge in [0.05, 0.1) is 10.5 Å². The van der Waals surface area contributed by atoms with Gasteiger partial charge in [-0.1, -0.05) is 31.4 Å². The lowest BCUT2D eigenvalue weighted by molar-refractivity contribution is -0.384. The van der Waals surface area contributed by atoms with Gasteiger partial charge in [-0.15, -0.1) is 0 Å². The monoisotopic (exact) mass is 364 g/mol. The van der Waals surface area contributed by atoms with Crippen molar-refractivity contribution in [3.63, 3.8) is 0 Å². The number of nitrogens with zero attached hydrogens (tertiary/aromatic N) is 3. The van der Waals surface area contributed by atoms with Crippen molar-refractivity contribution in [2.24, 2.45) is 0 Å². The van der Waals surface area contributed by atoms with Crippen molar-refractivity contribution in [2.45, 2.75) is 52.0 Å². The van der Waals surface area contributed by atoms with Crippen LogP contribution in [0.4, 0.5) is 11.5 Å². The topological polar surface area (TPSA) is 72.5 Å². The number of aryl methyl sites for hydroxylation is 2. The molecule has 0 unspecified atom stereocenters. The number of imidazole rings is 1. The molecule has 0 atom stereocenters. The molecule has 140 valence electrons. The van der Waals surface area contributed by atoms with Gasteiger partial charge in [-0.25, -0.2) is 4.98 Å². The van der Waals surface area contributed by atoms with E-state index in [4.69, 9.17) is 4.98 Å². The van der Waals surface area contributed by atoms with Crippen LogP contribution in [-0.2, 0) is 0 Å².